The highest BCUT2D eigenvalue weighted by Gasteiger charge is 2.00. The van der Waals surface area contributed by atoms with E-state index in [1.807, 2.05) is 30.4 Å². The zero-order valence-corrected chi connectivity index (χ0v) is 18.0. The molecule has 0 bridgehead atoms. The number of aliphatic hydroxyl groups is 1. The normalized spacial score (nSPS) is 12.6. The number of thioether (sulfide) groups is 5. The standard InChI is InChI=1S/C12H24N2O3S6/c1-2-23(17)8-13-6-18-9-20-11-21-10-19-7-14-12(16)22-5-3-4-15/h8,15H,2-7,9-11H2,1H3,(H,14,16)/b13-8+. The van der Waals surface area contributed by atoms with Crippen molar-refractivity contribution in [1.29, 1.82) is 0 Å². The molecular formula is C12H24N2O3S6. The zero-order valence-electron chi connectivity index (χ0n) is 13.1. The van der Waals surface area contributed by atoms with Gasteiger partial charge in [0.15, 0.2) is 0 Å². The largest absolute Gasteiger partial charge is 0.396 e. The Balaban J connectivity index is 3.20. The molecule has 0 aromatic carbocycles. The molecule has 23 heavy (non-hydrogen) atoms. The molecule has 0 saturated heterocycles. The van der Waals surface area contributed by atoms with E-state index in [1.54, 1.807) is 23.5 Å². The van der Waals surface area contributed by atoms with Crippen LogP contribution in [-0.4, -0.2) is 65.2 Å². The van der Waals surface area contributed by atoms with Crippen molar-refractivity contribution in [3.63, 3.8) is 0 Å². The molecule has 0 spiro atoms. The Hall–Kier alpha value is 1.000. The molecule has 11 heteroatoms. The molecule has 5 nitrogen and oxygen atoms in total. The Bertz CT molecular complexity index is 347. The minimum absolute atomic E-state index is 0.0220. The summed E-state index contributed by atoms with van der Waals surface area (Å²) in [5, 5.41) is 14.4. The third-order valence-electron chi connectivity index (χ3n) is 2.00. The summed E-state index contributed by atoms with van der Waals surface area (Å²) in [6.07, 6.45) is 0.651. The van der Waals surface area contributed by atoms with E-state index in [0.29, 0.717) is 29.7 Å². The van der Waals surface area contributed by atoms with Gasteiger partial charge < -0.3 is 10.4 Å². The van der Waals surface area contributed by atoms with Crippen molar-refractivity contribution in [1.82, 2.24) is 5.32 Å². The van der Waals surface area contributed by atoms with Gasteiger partial charge in [-0.1, -0.05) is 18.7 Å². The quantitative estimate of drug-likeness (QED) is 0.175. The Morgan fingerprint density at radius 3 is 2.61 bits per heavy atom. The summed E-state index contributed by atoms with van der Waals surface area (Å²) in [6.45, 7) is 2.01. The summed E-state index contributed by atoms with van der Waals surface area (Å²) in [4.78, 5) is 15.5. The van der Waals surface area contributed by atoms with E-state index in [-0.39, 0.29) is 11.8 Å². The van der Waals surface area contributed by atoms with Crippen molar-refractivity contribution in [2.24, 2.45) is 4.99 Å². The molecule has 1 amide bonds. The first-order valence-corrected chi connectivity index (χ1v) is 13.9. The lowest BCUT2D eigenvalue weighted by atomic mass is 10.5. The fraction of sp³-hybridized carbons (Fsp3) is 0.833. The monoisotopic (exact) mass is 436 g/mol. The maximum atomic E-state index is 11.4. The minimum Gasteiger partial charge on any atom is -0.396 e. The van der Waals surface area contributed by atoms with Crippen LogP contribution < -0.4 is 5.32 Å². The van der Waals surface area contributed by atoms with Crippen LogP contribution in [0.2, 0.25) is 0 Å². The number of amides is 1. The Morgan fingerprint density at radius 1 is 1.22 bits per heavy atom. The van der Waals surface area contributed by atoms with Gasteiger partial charge >= 0.3 is 0 Å². The van der Waals surface area contributed by atoms with Gasteiger partial charge in [-0.2, -0.15) is 0 Å². The van der Waals surface area contributed by atoms with Crippen molar-refractivity contribution in [2.75, 3.05) is 45.1 Å². The maximum Gasteiger partial charge on any atom is 0.279 e. The van der Waals surface area contributed by atoms with E-state index in [9.17, 15) is 9.00 Å². The molecule has 0 aliphatic heterocycles. The van der Waals surface area contributed by atoms with E-state index < -0.39 is 10.8 Å². The lowest BCUT2D eigenvalue weighted by Crippen LogP contribution is -2.18. The van der Waals surface area contributed by atoms with Crippen LogP contribution in [0, 0.1) is 0 Å². The second-order valence-electron chi connectivity index (χ2n) is 3.79. The molecule has 2 N–H and O–H groups in total. The first-order chi connectivity index (χ1) is 11.2. The Labute approximate surface area is 162 Å². The van der Waals surface area contributed by atoms with Crippen LogP contribution in [0.25, 0.3) is 0 Å². The highest BCUT2D eigenvalue weighted by Crippen LogP contribution is 2.20. The third kappa shape index (κ3) is 19.2. The van der Waals surface area contributed by atoms with E-state index in [0.717, 1.165) is 15.3 Å². The molecule has 1 atom stereocenters. The fourth-order valence-electron chi connectivity index (χ4n) is 0.955. The van der Waals surface area contributed by atoms with Gasteiger partial charge in [-0.3, -0.25) is 14.0 Å². The van der Waals surface area contributed by atoms with Crippen LogP contribution in [-0.2, 0) is 10.8 Å². The SMILES string of the molecule is CCS(=O)/C=N/CSCSCSCSCNC(=O)SCCCO. The molecule has 0 aromatic heterocycles. The summed E-state index contributed by atoms with van der Waals surface area (Å²) < 4.78 is 11.1. The van der Waals surface area contributed by atoms with Gasteiger partial charge in [-0.25, -0.2) is 0 Å². The van der Waals surface area contributed by atoms with Crippen LogP contribution in [0.1, 0.15) is 13.3 Å². The predicted octanol–water partition coefficient (Wildman–Crippen LogP) is 3.33. The molecular weight excluding hydrogens is 413 g/mol. The first-order valence-electron chi connectivity index (χ1n) is 6.90. The molecule has 0 heterocycles. The van der Waals surface area contributed by atoms with E-state index in [1.165, 1.54) is 17.3 Å². The average Bonchev–Trinajstić information content (AvgIpc) is 2.55. The number of aliphatic imine (C=N–C) groups is 1. The van der Waals surface area contributed by atoms with Gasteiger partial charge in [-0.05, 0) is 6.42 Å². The van der Waals surface area contributed by atoms with Crippen LogP contribution in [0.4, 0.5) is 4.79 Å². The number of carbonyl (C=O) groups excluding carboxylic acids is 1. The number of nitrogens with one attached hydrogen (secondary N) is 1. The second kappa shape index (κ2) is 19.3. The second-order valence-corrected chi connectivity index (χ2v) is 11.4. The molecule has 0 aliphatic carbocycles. The number of carbonyl (C=O) groups is 1. The van der Waals surface area contributed by atoms with Crippen LogP contribution >= 0.6 is 58.8 Å². The molecule has 0 radical (unpaired) electrons. The third-order valence-corrected chi connectivity index (χ3v) is 8.53. The van der Waals surface area contributed by atoms with Crippen molar-refractivity contribution < 1.29 is 14.1 Å². The molecule has 0 aliphatic rings. The Morgan fingerprint density at radius 2 is 1.91 bits per heavy atom. The van der Waals surface area contributed by atoms with E-state index >= 15 is 0 Å². The maximum absolute atomic E-state index is 11.4. The van der Waals surface area contributed by atoms with Crippen molar-refractivity contribution in [3.8, 4) is 0 Å². The summed E-state index contributed by atoms with van der Waals surface area (Å²) in [5.74, 6) is 2.58. The highest BCUT2D eigenvalue weighted by molar-refractivity contribution is 8.26. The number of hydrogen-bond donors (Lipinski definition) is 2. The topological polar surface area (TPSA) is 78.8 Å². The fourth-order valence-corrected chi connectivity index (χ4v) is 6.39. The van der Waals surface area contributed by atoms with Gasteiger partial charge in [0.2, 0.25) is 0 Å². The molecule has 136 valence electrons. The molecule has 0 fully saturated rings. The lowest BCUT2D eigenvalue weighted by molar-refractivity contribution is 0.262. The van der Waals surface area contributed by atoms with Gasteiger partial charge in [0.05, 0.1) is 28.1 Å². The average molecular weight is 437 g/mol. The summed E-state index contributed by atoms with van der Waals surface area (Å²) in [7, 11) is -0.908. The van der Waals surface area contributed by atoms with E-state index in [4.69, 9.17) is 5.11 Å². The summed E-state index contributed by atoms with van der Waals surface area (Å²) in [5.41, 5.74) is 1.53. The van der Waals surface area contributed by atoms with Crippen molar-refractivity contribution >= 4 is 80.4 Å². The number of nitrogens with zero attached hydrogens (tertiary/aromatic N) is 1. The van der Waals surface area contributed by atoms with Gasteiger partial charge in [0.1, 0.15) is 0 Å². The summed E-state index contributed by atoms with van der Waals surface area (Å²) >= 11 is 8.30. The number of rotatable bonds is 15. The summed E-state index contributed by atoms with van der Waals surface area (Å²) in [6, 6.07) is 0. The molecule has 0 aromatic rings. The molecule has 1 unspecified atom stereocenters. The van der Waals surface area contributed by atoms with Crippen LogP contribution in [0.15, 0.2) is 4.99 Å². The van der Waals surface area contributed by atoms with Gasteiger partial charge in [-0.15, -0.1) is 47.0 Å². The van der Waals surface area contributed by atoms with Crippen LogP contribution in [0.5, 0.6) is 0 Å². The van der Waals surface area contributed by atoms with Crippen LogP contribution in [0.3, 0.4) is 0 Å². The number of aliphatic hydroxyl groups excluding tert-OH is 1. The van der Waals surface area contributed by atoms with Gasteiger partial charge in [0.25, 0.3) is 5.24 Å². The van der Waals surface area contributed by atoms with Crippen molar-refractivity contribution in [3.05, 3.63) is 0 Å². The highest BCUT2D eigenvalue weighted by atomic mass is 32.2. The molecule has 0 rings (SSSR count). The van der Waals surface area contributed by atoms with E-state index in [2.05, 4.69) is 10.3 Å². The minimum atomic E-state index is -0.908. The molecule has 0 saturated carbocycles. The first kappa shape index (κ1) is 24.0. The predicted molar refractivity (Wildman–Crippen MR) is 115 cm³/mol. The Kier molecular flexibility index (Phi) is 20.2. The van der Waals surface area contributed by atoms with Gasteiger partial charge in [0, 0.05) is 33.4 Å². The smallest absolute Gasteiger partial charge is 0.279 e. The number of hydrogen-bond acceptors (Lipinski definition) is 9. The van der Waals surface area contributed by atoms with Crippen molar-refractivity contribution in [2.45, 2.75) is 13.3 Å². The lowest BCUT2D eigenvalue weighted by Gasteiger charge is -2.04. The zero-order chi connectivity index (χ0) is 17.2.